The van der Waals surface area contributed by atoms with Gasteiger partial charge in [0.25, 0.3) is 0 Å². The van der Waals surface area contributed by atoms with Gasteiger partial charge in [0.15, 0.2) is 0 Å². The van der Waals surface area contributed by atoms with E-state index in [9.17, 15) is 13.2 Å². The van der Waals surface area contributed by atoms with Crippen LogP contribution >= 0.6 is 0 Å². The Morgan fingerprint density at radius 3 is 2.53 bits per heavy atom. The summed E-state index contributed by atoms with van der Waals surface area (Å²) in [7, 11) is 0. The molecule has 0 amide bonds. The highest BCUT2D eigenvalue weighted by Crippen LogP contribution is 2.30. The molecule has 0 spiro atoms. The Balaban J connectivity index is 2.37. The molecule has 2 atom stereocenters. The molecule has 2 unspecified atom stereocenters. The van der Waals surface area contributed by atoms with E-state index in [0.29, 0.717) is 25.0 Å². The average molecular weight is 252 g/mol. The van der Waals surface area contributed by atoms with Crippen molar-refractivity contribution in [1.82, 2.24) is 4.90 Å². The molecule has 1 saturated carbocycles. The lowest BCUT2D eigenvalue weighted by Gasteiger charge is -2.31. The van der Waals surface area contributed by atoms with Crippen molar-refractivity contribution in [1.29, 1.82) is 0 Å². The van der Waals surface area contributed by atoms with Crippen LogP contribution in [0, 0.1) is 5.92 Å². The Bertz CT molecular complexity index is 218. The van der Waals surface area contributed by atoms with Gasteiger partial charge in [-0.05, 0) is 44.8 Å². The molecule has 5 heteroatoms. The van der Waals surface area contributed by atoms with Gasteiger partial charge in [-0.1, -0.05) is 13.3 Å². The molecule has 0 aliphatic heterocycles. The molecule has 0 bridgehead atoms. The van der Waals surface area contributed by atoms with Crippen LogP contribution in [-0.4, -0.2) is 36.8 Å². The van der Waals surface area contributed by atoms with Gasteiger partial charge in [0.1, 0.15) is 0 Å². The highest BCUT2D eigenvalue weighted by atomic mass is 19.4. The summed E-state index contributed by atoms with van der Waals surface area (Å²) in [5.41, 5.74) is 5.71. The fourth-order valence-corrected chi connectivity index (χ4v) is 2.81. The number of hydrogen-bond acceptors (Lipinski definition) is 2. The fourth-order valence-electron chi connectivity index (χ4n) is 2.81. The molecule has 0 aromatic heterocycles. The van der Waals surface area contributed by atoms with Gasteiger partial charge in [-0.2, -0.15) is 13.2 Å². The standard InChI is InChI=1S/C12H23F3N2/c1-2-17(8-4-7-12(13,14)15)11-6-3-5-10(11)9-16/h10-11H,2-9,16H2,1H3. The van der Waals surface area contributed by atoms with Crippen molar-refractivity contribution in [2.75, 3.05) is 19.6 Å². The van der Waals surface area contributed by atoms with Gasteiger partial charge in [-0.25, -0.2) is 0 Å². The van der Waals surface area contributed by atoms with E-state index in [-0.39, 0.29) is 6.42 Å². The zero-order valence-electron chi connectivity index (χ0n) is 10.5. The van der Waals surface area contributed by atoms with Gasteiger partial charge in [-0.3, -0.25) is 0 Å². The smallest absolute Gasteiger partial charge is 0.330 e. The van der Waals surface area contributed by atoms with Crippen LogP contribution < -0.4 is 5.73 Å². The molecule has 2 nitrogen and oxygen atoms in total. The first kappa shape index (κ1) is 14.8. The number of alkyl halides is 3. The van der Waals surface area contributed by atoms with Gasteiger partial charge in [0.05, 0.1) is 0 Å². The Morgan fingerprint density at radius 2 is 2.00 bits per heavy atom. The first-order chi connectivity index (χ1) is 7.98. The monoisotopic (exact) mass is 252 g/mol. The quantitative estimate of drug-likeness (QED) is 0.787. The molecule has 1 aliphatic carbocycles. The summed E-state index contributed by atoms with van der Waals surface area (Å²) < 4.78 is 36.3. The molecule has 0 saturated heterocycles. The van der Waals surface area contributed by atoms with Crippen LogP contribution in [0.3, 0.4) is 0 Å². The average Bonchev–Trinajstić information content (AvgIpc) is 2.70. The second kappa shape index (κ2) is 6.59. The Labute approximate surface area is 101 Å². The molecule has 17 heavy (non-hydrogen) atoms. The van der Waals surface area contributed by atoms with Crippen LogP contribution in [0.5, 0.6) is 0 Å². The zero-order valence-corrected chi connectivity index (χ0v) is 10.5. The Kier molecular flexibility index (Phi) is 5.73. The topological polar surface area (TPSA) is 29.3 Å². The maximum Gasteiger partial charge on any atom is 0.389 e. The predicted molar refractivity (Wildman–Crippen MR) is 62.7 cm³/mol. The van der Waals surface area contributed by atoms with Crippen molar-refractivity contribution >= 4 is 0 Å². The van der Waals surface area contributed by atoms with E-state index >= 15 is 0 Å². The SMILES string of the molecule is CCN(CCCC(F)(F)F)C1CCCC1CN. The fraction of sp³-hybridized carbons (Fsp3) is 1.00. The predicted octanol–water partition coefficient (Wildman–Crippen LogP) is 2.78. The first-order valence-electron chi connectivity index (χ1n) is 6.48. The van der Waals surface area contributed by atoms with E-state index in [1.54, 1.807) is 0 Å². The molecule has 0 aromatic rings. The van der Waals surface area contributed by atoms with Gasteiger partial charge < -0.3 is 10.6 Å². The summed E-state index contributed by atoms with van der Waals surface area (Å²) in [6, 6.07) is 0.401. The maximum atomic E-state index is 12.1. The summed E-state index contributed by atoms with van der Waals surface area (Å²) >= 11 is 0. The summed E-state index contributed by atoms with van der Waals surface area (Å²) in [5.74, 6) is 0.473. The Hall–Kier alpha value is -0.290. The van der Waals surface area contributed by atoms with Crippen LogP contribution in [-0.2, 0) is 0 Å². The summed E-state index contributed by atoms with van der Waals surface area (Å²) in [4.78, 5) is 2.18. The summed E-state index contributed by atoms with van der Waals surface area (Å²) in [6.07, 6.45) is -1.14. The van der Waals surface area contributed by atoms with Gasteiger partial charge in [-0.15, -0.1) is 0 Å². The number of halogens is 3. The number of nitrogens with two attached hydrogens (primary N) is 1. The number of rotatable bonds is 6. The van der Waals surface area contributed by atoms with E-state index in [1.165, 1.54) is 0 Å². The maximum absolute atomic E-state index is 12.1. The lowest BCUT2D eigenvalue weighted by molar-refractivity contribution is -0.136. The molecular weight excluding hydrogens is 229 g/mol. The van der Waals surface area contributed by atoms with Gasteiger partial charge in [0.2, 0.25) is 0 Å². The third-order valence-corrected chi connectivity index (χ3v) is 3.70. The van der Waals surface area contributed by atoms with Crippen molar-refractivity contribution in [3.63, 3.8) is 0 Å². The third kappa shape index (κ3) is 4.84. The molecular formula is C12H23F3N2. The highest BCUT2D eigenvalue weighted by molar-refractivity contribution is 4.85. The second-order valence-electron chi connectivity index (χ2n) is 4.84. The molecule has 1 rings (SSSR count). The van der Waals surface area contributed by atoms with Crippen molar-refractivity contribution in [2.45, 2.75) is 51.2 Å². The van der Waals surface area contributed by atoms with E-state index < -0.39 is 12.6 Å². The molecule has 1 aliphatic rings. The molecule has 1 fully saturated rings. The van der Waals surface area contributed by atoms with Crippen LogP contribution in [0.4, 0.5) is 13.2 Å². The number of hydrogen-bond donors (Lipinski definition) is 1. The van der Waals surface area contributed by atoms with Crippen molar-refractivity contribution < 1.29 is 13.2 Å². The van der Waals surface area contributed by atoms with Crippen LogP contribution in [0.1, 0.15) is 39.0 Å². The largest absolute Gasteiger partial charge is 0.389 e. The zero-order chi connectivity index (χ0) is 12.9. The van der Waals surface area contributed by atoms with Crippen LogP contribution in [0.25, 0.3) is 0 Å². The van der Waals surface area contributed by atoms with Crippen LogP contribution in [0.15, 0.2) is 0 Å². The lowest BCUT2D eigenvalue weighted by Crippen LogP contribution is -2.41. The minimum atomic E-state index is -4.03. The molecule has 2 N–H and O–H groups in total. The summed E-state index contributed by atoms with van der Waals surface area (Å²) in [5, 5.41) is 0. The van der Waals surface area contributed by atoms with Crippen molar-refractivity contribution in [3.8, 4) is 0 Å². The minimum Gasteiger partial charge on any atom is -0.330 e. The van der Waals surface area contributed by atoms with Crippen LogP contribution in [0.2, 0.25) is 0 Å². The van der Waals surface area contributed by atoms with E-state index in [4.69, 9.17) is 5.73 Å². The first-order valence-corrected chi connectivity index (χ1v) is 6.48. The normalized spacial score (nSPS) is 25.8. The number of nitrogens with zero attached hydrogens (tertiary/aromatic N) is 1. The van der Waals surface area contributed by atoms with Gasteiger partial charge >= 0.3 is 6.18 Å². The molecule has 102 valence electrons. The molecule has 0 aromatic carbocycles. The van der Waals surface area contributed by atoms with E-state index in [1.807, 2.05) is 6.92 Å². The molecule has 0 heterocycles. The van der Waals surface area contributed by atoms with Crippen molar-refractivity contribution in [3.05, 3.63) is 0 Å². The highest BCUT2D eigenvalue weighted by Gasteiger charge is 2.31. The third-order valence-electron chi connectivity index (χ3n) is 3.70. The van der Waals surface area contributed by atoms with Crippen molar-refractivity contribution in [2.24, 2.45) is 11.7 Å². The summed E-state index contributed by atoms with van der Waals surface area (Å²) in [6.45, 7) is 4.02. The lowest BCUT2D eigenvalue weighted by atomic mass is 10.0. The minimum absolute atomic E-state index is 0.200. The van der Waals surface area contributed by atoms with E-state index in [2.05, 4.69) is 4.90 Å². The van der Waals surface area contributed by atoms with Gasteiger partial charge in [0, 0.05) is 12.5 Å². The Morgan fingerprint density at radius 1 is 1.29 bits per heavy atom. The van der Waals surface area contributed by atoms with E-state index in [0.717, 1.165) is 25.8 Å². The second-order valence-corrected chi connectivity index (χ2v) is 4.84. The molecule has 0 radical (unpaired) electrons.